The van der Waals surface area contributed by atoms with Gasteiger partial charge in [-0.05, 0) is 23.6 Å². The standard InChI is InChI=1S/C13H11NO2/c15-13(16)12-11(7-4-8-14-12)9-10-5-2-1-3-6-10/h1-8H,9H2,(H,15,16)/p-1. The van der Waals surface area contributed by atoms with E-state index in [1.807, 2.05) is 30.3 Å². The van der Waals surface area contributed by atoms with Crippen molar-refractivity contribution < 1.29 is 9.90 Å². The number of carboxylic acid groups (broad SMARTS) is 1. The second-order valence-corrected chi connectivity index (χ2v) is 3.46. The maximum atomic E-state index is 10.8. The molecule has 80 valence electrons. The molecule has 0 saturated carbocycles. The van der Waals surface area contributed by atoms with Gasteiger partial charge in [-0.1, -0.05) is 36.4 Å². The van der Waals surface area contributed by atoms with Gasteiger partial charge in [0, 0.05) is 6.20 Å². The van der Waals surface area contributed by atoms with Crippen LogP contribution in [0.2, 0.25) is 0 Å². The third-order valence-corrected chi connectivity index (χ3v) is 2.32. The molecular weight excluding hydrogens is 202 g/mol. The Balaban J connectivity index is 2.31. The second kappa shape index (κ2) is 4.57. The molecule has 0 fully saturated rings. The lowest BCUT2D eigenvalue weighted by molar-refractivity contribution is -0.255. The molecule has 0 unspecified atom stereocenters. The van der Waals surface area contributed by atoms with Gasteiger partial charge in [-0.25, -0.2) is 0 Å². The number of hydrogen-bond donors (Lipinski definition) is 0. The maximum absolute atomic E-state index is 10.8. The van der Waals surface area contributed by atoms with Crippen LogP contribution in [0.5, 0.6) is 0 Å². The molecule has 0 aliphatic rings. The number of nitrogens with zero attached hydrogens (tertiary/aromatic N) is 1. The SMILES string of the molecule is O=C([O-])c1ncccc1Cc1ccccc1. The van der Waals surface area contributed by atoms with Gasteiger partial charge in [0.15, 0.2) is 0 Å². The summed E-state index contributed by atoms with van der Waals surface area (Å²) >= 11 is 0. The number of pyridine rings is 1. The lowest BCUT2D eigenvalue weighted by Crippen LogP contribution is -2.25. The molecule has 2 rings (SSSR count). The maximum Gasteiger partial charge on any atom is 0.0902 e. The molecule has 0 N–H and O–H groups in total. The number of carboxylic acids is 1. The quantitative estimate of drug-likeness (QED) is 0.763. The predicted molar refractivity (Wildman–Crippen MR) is 57.8 cm³/mol. The third-order valence-electron chi connectivity index (χ3n) is 2.32. The first kappa shape index (κ1) is 10.4. The average Bonchev–Trinajstić information content (AvgIpc) is 2.31. The van der Waals surface area contributed by atoms with E-state index >= 15 is 0 Å². The Bertz CT molecular complexity index is 494. The van der Waals surface area contributed by atoms with E-state index in [-0.39, 0.29) is 5.69 Å². The van der Waals surface area contributed by atoms with Crippen molar-refractivity contribution in [2.24, 2.45) is 0 Å². The average molecular weight is 212 g/mol. The van der Waals surface area contributed by atoms with Crippen molar-refractivity contribution in [3.63, 3.8) is 0 Å². The van der Waals surface area contributed by atoms with Crippen LogP contribution < -0.4 is 5.11 Å². The first-order valence-electron chi connectivity index (χ1n) is 4.96. The predicted octanol–water partition coefficient (Wildman–Crippen LogP) is 1.04. The van der Waals surface area contributed by atoms with Gasteiger partial charge in [0.25, 0.3) is 0 Å². The minimum absolute atomic E-state index is 0.0198. The Morgan fingerprint density at radius 3 is 2.56 bits per heavy atom. The summed E-state index contributed by atoms with van der Waals surface area (Å²) in [5.74, 6) is -1.23. The first-order valence-corrected chi connectivity index (χ1v) is 4.96. The smallest absolute Gasteiger partial charge is 0.0902 e. The van der Waals surface area contributed by atoms with Gasteiger partial charge in [-0.3, -0.25) is 4.98 Å². The molecule has 1 aromatic carbocycles. The Hall–Kier alpha value is -2.16. The van der Waals surface area contributed by atoms with Gasteiger partial charge in [0.2, 0.25) is 0 Å². The number of benzene rings is 1. The Morgan fingerprint density at radius 1 is 1.12 bits per heavy atom. The fourth-order valence-electron chi connectivity index (χ4n) is 1.58. The van der Waals surface area contributed by atoms with E-state index in [2.05, 4.69) is 4.98 Å². The van der Waals surface area contributed by atoms with Crippen molar-refractivity contribution in [3.05, 3.63) is 65.5 Å². The van der Waals surface area contributed by atoms with Crippen LogP contribution in [0.25, 0.3) is 0 Å². The molecule has 16 heavy (non-hydrogen) atoms. The zero-order chi connectivity index (χ0) is 11.4. The van der Waals surface area contributed by atoms with Crippen molar-refractivity contribution >= 4 is 5.97 Å². The van der Waals surface area contributed by atoms with E-state index in [0.29, 0.717) is 12.0 Å². The normalized spacial score (nSPS) is 10.0. The van der Waals surface area contributed by atoms with Crippen molar-refractivity contribution in [1.82, 2.24) is 4.98 Å². The summed E-state index contributed by atoms with van der Waals surface area (Å²) in [7, 11) is 0. The van der Waals surface area contributed by atoms with Crippen LogP contribution in [-0.2, 0) is 6.42 Å². The highest BCUT2D eigenvalue weighted by atomic mass is 16.4. The molecule has 2 aromatic rings. The van der Waals surface area contributed by atoms with Gasteiger partial charge in [0.05, 0.1) is 11.7 Å². The number of carbonyl (C=O) groups excluding carboxylic acids is 1. The van der Waals surface area contributed by atoms with E-state index in [0.717, 1.165) is 5.56 Å². The fourth-order valence-corrected chi connectivity index (χ4v) is 1.58. The zero-order valence-corrected chi connectivity index (χ0v) is 8.59. The molecule has 0 saturated heterocycles. The monoisotopic (exact) mass is 212 g/mol. The molecule has 0 amide bonds. The number of hydrogen-bond acceptors (Lipinski definition) is 3. The topological polar surface area (TPSA) is 53.0 Å². The minimum atomic E-state index is -1.23. The van der Waals surface area contributed by atoms with Crippen LogP contribution in [0.1, 0.15) is 21.6 Å². The molecule has 0 aliphatic carbocycles. The summed E-state index contributed by atoms with van der Waals surface area (Å²) in [6.07, 6.45) is 2.01. The molecule has 0 bridgehead atoms. The first-order chi connectivity index (χ1) is 7.77. The minimum Gasteiger partial charge on any atom is -0.543 e. The number of aromatic carboxylic acids is 1. The van der Waals surface area contributed by atoms with E-state index < -0.39 is 5.97 Å². The van der Waals surface area contributed by atoms with E-state index in [1.165, 1.54) is 6.20 Å². The molecular formula is C13H10NO2-. The van der Waals surface area contributed by atoms with Crippen LogP contribution in [0, 0.1) is 0 Å². The molecule has 1 aromatic heterocycles. The molecule has 3 heteroatoms. The number of carbonyl (C=O) groups is 1. The van der Waals surface area contributed by atoms with Gasteiger partial charge in [0.1, 0.15) is 0 Å². The number of rotatable bonds is 3. The fraction of sp³-hybridized carbons (Fsp3) is 0.0769. The van der Waals surface area contributed by atoms with Crippen LogP contribution in [-0.4, -0.2) is 11.0 Å². The highest BCUT2D eigenvalue weighted by molar-refractivity contribution is 5.85. The molecule has 0 spiro atoms. The van der Waals surface area contributed by atoms with Gasteiger partial charge < -0.3 is 9.90 Å². The summed E-state index contributed by atoms with van der Waals surface area (Å²) in [6, 6.07) is 13.1. The van der Waals surface area contributed by atoms with Gasteiger partial charge >= 0.3 is 0 Å². The van der Waals surface area contributed by atoms with Crippen LogP contribution in [0.4, 0.5) is 0 Å². The van der Waals surface area contributed by atoms with Crippen molar-refractivity contribution in [2.45, 2.75) is 6.42 Å². The molecule has 0 atom stereocenters. The highest BCUT2D eigenvalue weighted by Crippen LogP contribution is 2.11. The highest BCUT2D eigenvalue weighted by Gasteiger charge is 2.04. The van der Waals surface area contributed by atoms with Crippen molar-refractivity contribution in [1.29, 1.82) is 0 Å². The molecule has 0 aliphatic heterocycles. The Morgan fingerprint density at radius 2 is 1.88 bits per heavy atom. The number of aromatic nitrogens is 1. The van der Waals surface area contributed by atoms with E-state index in [1.54, 1.807) is 12.1 Å². The summed E-state index contributed by atoms with van der Waals surface area (Å²) in [4.78, 5) is 14.7. The molecule has 3 nitrogen and oxygen atoms in total. The van der Waals surface area contributed by atoms with E-state index in [9.17, 15) is 9.90 Å². The second-order valence-electron chi connectivity index (χ2n) is 3.46. The van der Waals surface area contributed by atoms with E-state index in [4.69, 9.17) is 0 Å². The lowest BCUT2D eigenvalue weighted by Gasteiger charge is -2.08. The largest absolute Gasteiger partial charge is 0.543 e. The van der Waals surface area contributed by atoms with Crippen molar-refractivity contribution in [3.8, 4) is 0 Å². The van der Waals surface area contributed by atoms with Gasteiger partial charge in [-0.2, -0.15) is 0 Å². The molecule has 0 radical (unpaired) electrons. The zero-order valence-electron chi connectivity index (χ0n) is 8.59. The summed E-state index contributed by atoms with van der Waals surface area (Å²) in [5, 5.41) is 10.8. The molecule has 1 heterocycles. The van der Waals surface area contributed by atoms with Crippen molar-refractivity contribution in [2.75, 3.05) is 0 Å². The third kappa shape index (κ3) is 2.25. The Kier molecular flexibility index (Phi) is 2.96. The summed E-state index contributed by atoms with van der Waals surface area (Å²) in [5.41, 5.74) is 1.75. The summed E-state index contributed by atoms with van der Waals surface area (Å²) < 4.78 is 0. The van der Waals surface area contributed by atoms with Crippen LogP contribution >= 0.6 is 0 Å². The van der Waals surface area contributed by atoms with Crippen LogP contribution in [0.3, 0.4) is 0 Å². The Labute approximate surface area is 93.4 Å². The summed E-state index contributed by atoms with van der Waals surface area (Å²) in [6.45, 7) is 0. The van der Waals surface area contributed by atoms with Crippen LogP contribution in [0.15, 0.2) is 48.7 Å². The lowest BCUT2D eigenvalue weighted by atomic mass is 10.0. The van der Waals surface area contributed by atoms with Gasteiger partial charge in [-0.15, -0.1) is 0 Å².